The fourth-order valence-electron chi connectivity index (χ4n) is 7.58. The molecule has 2 fully saturated rings. The van der Waals surface area contributed by atoms with Gasteiger partial charge in [-0.1, -0.05) is 91.4 Å². The summed E-state index contributed by atoms with van der Waals surface area (Å²) in [5, 5.41) is 0. The number of hydrogen-bond acceptors (Lipinski definition) is 0. The maximum atomic E-state index is 15.0. The van der Waals surface area contributed by atoms with E-state index in [1.54, 1.807) is 11.6 Å². The number of aryl methyl sites for hydroxylation is 3. The Labute approximate surface area is 258 Å². The van der Waals surface area contributed by atoms with Crippen LogP contribution >= 0.6 is 0 Å². The minimum absolute atomic E-state index is 0.223. The second-order valence-corrected chi connectivity index (χ2v) is 13.3. The summed E-state index contributed by atoms with van der Waals surface area (Å²) < 4.78 is 15.0. The van der Waals surface area contributed by atoms with E-state index in [9.17, 15) is 0 Å². The lowest BCUT2D eigenvalue weighted by Gasteiger charge is -2.42. The van der Waals surface area contributed by atoms with E-state index in [1.807, 2.05) is 44.2 Å². The Bertz CT molecular complexity index is 1580. The zero-order valence-corrected chi connectivity index (χ0v) is 26.1. The van der Waals surface area contributed by atoms with E-state index in [4.69, 9.17) is 0 Å². The lowest BCUT2D eigenvalue weighted by atomic mass is 9.63. The molecule has 2 aliphatic rings. The summed E-state index contributed by atoms with van der Waals surface area (Å²) in [5.41, 5.74) is 9.95. The van der Waals surface area contributed by atoms with Gasteiger partial charge in [0.05, 0.1) is 0 Å². The van der Waals surface area contributed by atoms with Gasteiger partial charge in [0, 0.05) is 16.7 Å². The summed E-state index contributed by atoms with van der Waals surface area (Å²) in [6, 6.07) is 30.0. The molecule has 2 saturated carbocycles. The number of halogens is 1. The number of benzene rings is 4. The molecule has 0 aromatic heterocycles. The maximum absolute atomic E-state index is 15.0. The molecule has 0 radical (unpaired) electrons. The standard InChI is InChI=1S/C42H45F/c1-4-5-6-31-9-16-33(17-10-31)37-21-23-40-27-38(22-24-39(40)26-37)34-18-11-32(12-19-34)13-20-36-28-42(43)41(25-30(36)3)35-14-7-29(2)8-15-35/h7-12,14-19,25,28,37-40H,4-6,21-24,26-27H2,1-3H3. The van der Waals surface area contributed by atoms with E-state index >= 15 is 4.39 Å². The predicted octanol–water partition coefficient (Wildman–Crippen LogP) is 11.3. The zero-order chi connectivity index (χ0) is 29.8. The predicted molar refractivity (Wildman–Crippen MR) is 179 cm³/mol. The molecule has 0 amide bonds. The van der Waals surface area contributed by atoms with Crippen LogP contribution in [0, 0.1) is 43.3 Å². The molecule has 0 bridgehead atoms. The molecule has 4 unspecified atom stereocenters. The summed E-state index contributed by atoms with van der Waals surface area (Å²) in [5.74, 6) is 9.43. The van der Waals surface area contributed by atoms with Crippen LogP contribution in [-0.2, 0) is 6.42 Å². The number of fused-ring (bicyclic) bond motifs is 1. The van der Waals surface area contributed by atoms with Gasteiger partial charge in [0.15, 0.2) is 0 Å². The van der Waals surface area contributed by atoms with Crippen molar-refractivity contribution in [1.29, 1.82) is 0 Å². The fraction of sp³-hybridized carbons (Fsp3) is 0.381. The Morgan fingerprint density at radius 3 is 1.91 bits per heavy atom. The van der Waals surface area contributed by atoms with Gasteiger partial charge < -0.3 is 0 Å². The minimum Gasteiger partial charge on any atom is -0.206 e. The first-order valence-corrected chi connectivity index (χ1v) is 16.5. The first-order valence-electron chi connectivity index (χ1n) is 16.5. The summed E-state index contributed by atoms with van der Waals surface area (Å²) in [6.45, 7) is 6.32. The molecule has 4 aromatic rings. The van der Waals surface area contributed by atoms with E-state index in [2.05, 4.69) is 67.3 Å². The topological polar surface area (TPSA) is 0 Å². The van der Waals surface area contributed by atoms with E-state index in [0.29, 0.717) is 11.5 Å². The molecule has 0 nitrogen and oxygen atoms in total. The van der Waals surface area contributed by atoms with Crippen molar-refractivity contribution in [2.45, 2.75) is 90.4 Å². The van der Waals surface area contributed by atoms with Crippen molar-refractivity contribution in [3.05, 3.63) is 130 Å². The first-order chi connectivity index (χ1) is 21.0. The normalized spacial score (nSPS) is 21.5. The second-order valence-electron chi connectivity index (χ2n) is 13.3. The van der Waals surface area contributed by atoms with Crippen LogP contribution in [0.15, 0.2) is 84.9 Å². The Morgan fingerprint density at radius 1 is 0.698 bits per heavy atom. The van der Waals surface area contributed by atoms with Gasteiger partial charge in [-0.25, -0.2) is 4.39 Å². The molecule has 220 valence electrons. The van der Waals surface area contributed by atoms with Crippen LogP contribution in [0.2, 0.25) is 0 Å². The molecule has 43 heavy (non-hydrogen) atoms. The van der Waals surface area contributed by atoms with Crippen molar-refractivity contribution in [2.24, 2.45) is 11.8 Å². The average molecular weight is 569 g/mol. The van der Waals surface area contributed by atoms with Gasteiger partial charge in [-0.3, -0.25) is 0 Å². The Kier molecular flexibility index (Phi) is 9.14. The molecular formula is C42H45F. The third-order valence-corrected chi connectivity index (χ3v) is 10.3. The third-order valence-electron chi connectivity index (χ3n) is 10.3. The van der Waals surface area contributed by atoms with Gasteiger partial charge in [-0.15, -0.1) is 0 Å². The molecule has 1 heteroatoms. The second kappa shape index (κ2) is 13.3. The Morgan fingerprint density at radius 2 is 1.30 bits per heavy atom. The summed E-state index contributed by atoms with van der Waals surface area (Å²) in [4.78, 5) is 0. The third kappa shape index (κ3) is 6.96. The Hall–Kier alpha value is -3.63. The highest BCUT2D eigenvalue weighted by Crippen LogP contribution is 2.49. The molecule has 4 aromatic carbocycles. The van der Waals surface area contributed by atoms with E-state index in [0.717, 1.165) is 40.0 Å². The molecular weight excluding hydrogens is 523 g/mol. The maximum Gasteiger partial charge on any atom is 0.132 e. The average Bonchev–Trinajstić information content (AvgIpc) is 3.04. The molecule has 0 saturated heterocycles. The Balaban J connectivity index is 1.06. The lowest BCUT2D eigenvalue weighted by Crippen LogP contribution is -2.29. The van der Waals surface area contributed by atoms with Crippen molar-refractivity contribution in [2.75, 3.05) is 0 Å². The fourth-order valence-corrected chi connectivity index (χ4v) is 7.58. The van der Waals surface area contributed by atoms with Crippen molar-refractivity contribution in [1.82, 2.24) is 0 Å². The molecule has 0 heterocycles. The highest BCUT2D eigenvalue weighted by Gasteiger charge is 2.36. The monoisotopic (exact) mass is 568 g/mol. The molecule has 6 rings (SSSR count). The SMILES string of the molecule is CCCCc1ccc(C2CCC3CC(c4ccc(C#Cc5cc(F)c(-c6ccc(C)cc6)cc5C)cc4)CCC3C2)cc1. The van der Waals surface area contributed by atoms with Crippen molar-refractivity contribution in [3.63, 3.8) is 0 Å². The molecule has 4 atom stereocenters. The number of unbranched alkanes of at least 4 members (excludes halogenated alkanes) is 1. The highest BCUT2D eigenvalue weighted by molar-refractivity contribution is 5.67. The van der Waals surface area contributed by atoms with Gasteiger partial charge in [-0.05, 0) is 141 Å². The number of hydrogen-bond donors (Lipinski definition) is 0. The molecule has 0 spiro atoms. The van der Waals surface area contributed by atoms with E-state index in [-0.39, 0.29) is 5.82 Å². The summed E-state index contributed by atoms with van der Waals surface area (Å²) in [7, 11) is 0. The largest absolute Gasteiger partial charge is 0.206 e. The van der Waals surface area contributed by atoms with Crippen molar-refractivity contribution < 1.29 is 4.39 Å². The van der Waals surface area contributed by atoms with Gasteiger partial charge in [0.1, 0.15) is 5.82 Å². The van der Waals surface area contributed by atoms with Gasteiger partial charge in [0.2, 0.25) is 0 Å². The summed E-state index contributed by atoms with van der Waals surface area (Å²) >= 11 is 0. The quantitative estimate of drug-likeness (QED) is 0.203. The van der Waals surface area contributed by atoms with Crippen LogP contribution in [0.1, 0.15) is 109 Å². The van der Waals surface area contributed by atoms with Gasteiger partial charge >= 0.3 is 0 Å². The molecule has 2 aliphatic carbocycles. The van der Waals surface area contributed by atoms with Crippen LogP contribution in [0.25, 0.3) is 11.1 Å². The van der Waals surface area contributed by atoms with E-state index in [1.165, 1.54) is 74.5 Å². The smallest absolute Gasteiger partial charge is 0.132 e. The van der Waals surface area contributed by atoms with Crippen molar-refractivity contribution in [3.8, 4) is 23.0 Å². The lowest BCUT2D eigenvalue weighted by molar-refractivity contribution is 0.141. The van der Waals surface area contributed by atoms with Crippen LogP contribution < -0.4 is 0 Å². The zero-order valence-electron chi connectivity index (χ0n) is 26.1. The number of rotatable bonds is 6. The van der Waals surface area contributed by atoms with Crippen LogP contribution in [0.4, 0.5) is 4.39 Å². The molecule has 0 aliphatic heterocycles. The minimum atomic E-state index is -0.223. The van der Waals surface area contributed by atoms with E-state index < -0.39 is 0 Å². The van der Waals surface area contributed by atoms with Gasteiger partial charge in [0.25, 0.3) is 0 Å². The van der Waals surface area contributed by atoms with Crippen LogP contribution in [-0.4, -0.2) is 0 Å². The van der Waals surface area contributed by atoms with Crippen LogP contribution in [0.3, 0.4) is 0 Å². The van der Waals surface area contributed by atoms with Crippen molar-refractivity contribution >= 4 is 0 Å². The first kappa shape index (κ1) is 29.4. The van der Waals surface area contributed by atoms with Gasteiger partial charge in [-0.2, -0.15) is 0 Å². The highest BCUT2D eigenvalue weighted by atomic mass is 19.1. The van der Waals surface area contributed by atoms with Crippen LogP contribution in [0.5, 0.6) is 0 Å². The molecule has 0 N–H and O–H groups in total. The summed E-state index contributed by atoms with van der Waals surface area (Å²) in [6.07, 6.45) is 11.8.